The molecule has 1 heterocycles. The highest BCUT2D eigenvalue weighted by atomic mass is 15.3. The van der Waals surface area contributed by atoms with Crippen molar-refractivity contribution in [3.8, 4) is 0 Å². The van der Waals surface area contributed by atoms with Gasteiger partial charge in [-0.3, -0.25) is 4.90 Å². The van der Waals surface area contributed by atoms with Gasteiger partial charge in [-0.15, -0.1) is 0 Å². The molecule has 1 aromatic rings. The normalized spacial score (nSPS) is 31.2. The third kappa shape index (κ3) is 2.19. The van der Waals surface area contributed by atoms with E-state index in [1.807, 2.05) is 0 Å². The second-order valence-electron chi connectivity index (χ2n) is 6.08. The molecular weight excluding hydrogens is 220 g/mol. The van der Waals surface area contributed by atoms with Gasteiger partial charge in [-0.25, -0.2) is 0 Å². The SMILES string of the molecule is CCC1CNC(c2ccccc2)CN1C1(C)CC1. The average Bonchev–Trinajstić information content (AvgIpc) is 3.18. The van der Waals surface area contributed by atoms with Crippen LogP contribution in [0.1, 0.15) is 44.7 Å². The maximum absolute atomic E-state index is 3.72. The smallest absolute Gasteiger partial charge is 0.0450 e. The molecular formula is C16H24N2. The maximum Gasteiger partial charge on any atom is 0.0450 e. The zero-order valence-electron chi connectivity index (χ0n) is 11.5. The summed E-state index contributed by atoms with van der Waals surface area (Å²) in [6.45, 7) is 7.04. The van der Waals surface area contributed by atoms with E-state index in [-0.39, 0.29) is 0 Å². The third-order valence-corrected chi connectivity index (χ3v) is 4.76. The molecule has 1 aromatic carbocycles. The Kier molecular flexibility index (Phi) is 3.16. The lowest BCUT2D eigenvalue weighted by molar-refractivity contribution is 0.0735. The summed E-state index contributed by atoms with van der Waals surface area (Å²) in [5.41, 5.74) is 1.93. The first-order valence-corrected chi connectivity index (χ1v) is 7.28. The van der Waals surface area contributed by atoms with Crippen molar-refractivity contribution < 1.29 is 0 Å². The second-order valence-corrected chi connectivity index (χ2v) is 6.08. The standard InChI is InChI=1S/C16H24N2/c1-3-14-11-17-15(13-7-5-4-6-8-13)12-18(14)16(2)9-10-16/h4-8,14-15,17H,3,9-12H2,1-2H3. The Morgan fingerprint density at radius 3 is 2.61 bits per heavy atom. The Balaban J connectivity index is 1.77. The minimum Gasteiger partial charge on any atom is -0.307 e. The number of hydrogen-bond donors (Lipinski definition) is 1. The van der Waals surface area contributed by atoms with Crippen LogP contribution in [0.3, 0.4) is 0 Å². The topological polar surface area (TPSA) is 15.3 Å². The molecule has 2 heteroatoms. The van der Waals surface area contributed by atoms with Crippen LogP contribution in [0.2, 0.25) is 0 Å². The Bertz CT molecular complexity index is 397. The molecule has 0 radical (unpaired) electrons. The Hall–Kier alpha value is -0.860. The van der Waals surface area contributed by atoms with E-state index in [0.29, 0.717) is 11.6 Å². The number of rotatable bonds is 3. The van der Waals surface area contributed by atoms with Gasteiger partial charge in [0, 0.05) is 30.7 Å². The summed E-state index contributed by atoms with van der Waals surface area (Å²) in [7, 11) is 0. The lowest BCUT2D eigenvalue weighted by atomic mass is 9.98. The largest absolute Gasteiger partial charge is 0.307 e. The Morgan fingerprint density at radius 1 is 1.28 bits per heavy atom. The van der Waals surface area contributed by atoms with Crippen molar-refractivity contribution in [2.75, 3.05) is 13.1 Å². The first-order valence-electron chi connectivity index (χ1n) is 7.28. The van der Waals surface area contributed by atoms with Crippen LogP contribution >= 0.6 is 0 Å². The summed E-state index contributed by atoms with van der Waals surface area (Å²) in [5.74, 6) is 0. The van der Waals surface area contributed by atoms with Gasteiger partial charge in [0.25, 0.3) is 0 Å². The van der Waals surface area contributed by atoms with Gasteiger partial charge in [0.2, 0.25) is 0 Å². The Labute approximate surface area is 110 Å². The molecule has 2 nitrogen and oxygen atoms in total. The van der Waals surface area contributed by atoms with Crippen LogP contribution < -0.4 is 5.32 Å². The van der Waals surface area contributed by atoms with E-state index in [1.165, 1.54) is 31.4 Å². The maximum atomic E-state index is 3.72. The first-order chi connectivity index (χ1) is 8.73. The summed E-state index contributed by atoms with van der Waals surface area (Å²) >= 11 is 0. The predicted octanol–water partition coefficient (Wildman–Crippen LogP) is 2.96. The van der Waals surface area contributed by atoms with E-state index in [1.54, 1.807) is 0 Å². The lowest BCUT2D eigenvalue weighted by Gasteiger charge is -2.44. The molecule has 2 fully saturated rings. The molecule has 2 aliphatic rings. The molecule has 1 aliphatic heterocycles. The second kappa shape index (κ2) is 4.67. The van der Waals surface area contributed by atoms with Gasteiger partial charge in [0.1, 0.15) is 0 Å². The highest BCUT2D eigenvalue weighted by Gasteiger charge is 2.47. The quantitative estimate of drug-likeness (QED) is 0.879. The molecule has 1 N–H and O–H groups in total. The van der Waals surface area contributed by atoms with Crippen molar-refractivity contribution in [3.05, 3.63) is 35.9 Å². The van der Waals surface area contributed by atoms with Gasteiger partial charge >= 0.3 is 0 Å². The number of benzene rings is 1. The van der Waals surface area contributed by atoms with Gasteiger partial charge in [-0.2, -0.15) is 0 Å². The monoisotopic (exact) mass is 244 g/mol. The molecule has 1 saturated heterocycles. The van der Waals surface area contributed by atoms with Crippen LogP contribution in [-0.2, 0) is 0 Å². The highest BCUT2D eigenvalue weighted by molar-refractivity contribution is 5.21. The van der Waals surface area contributed by atoms with E-state index in [9.17, 15) is 0 Å². The highest BCUT2D eigenvalue weighted by Crippen LogP contribution is 2.44. The fraction of sp³-hybridized carbons (Fsp3) is 0.625. The van der Waals surface area contributed by atoms with Gasteiger partial charge < -0.3 is 5.32 Å². The Morgan fingerprint density at radius 2 is 2.00 bits per heavy atom. The van der Waals surface area contributed by atoms with E-state index >= 15 is 0 Å². The number of nitrogens with one attached hydrogen (secondary N) is 1. The van der Waals surface area contributed by atoms with Crippen LogP contribution in [0, 0.1) is 0 Å². The third-order valence-electron chi connectivity index (χ3n) is 4.76. The zero-order valence-corrected chi connectivity index (χ0v) is 11.5. The molecule has 1 saturated carbocycles. The molecule has 1 aliphatic carbocycles. The van der Waals surface area contributed by atoms with Crippen LogP contribution in [0.25, 0.3) is 0 Å². The molecule has 0 amide bonds. The van der Waals surface area contributed by atoms with E-state index in [0.717, 1.165) is 12.6 Å². The van der Waals surface area contributed by atoms with Crippen LogP contribution in [0.15, 0.2) is 30.3 Å². The van der Waals surface area contributed by atoms with Gasteiger partial charge in [0.15, 0.2) is 0 Å². The van der Waals surface area contributed by atoms with Gasteiger partial charge in [0.05, 0.1) is 0 Å². The summed E-state index contributed by atoms with van der Waals surface area (Å²) in [5, 5.41) is 3.72. The van der Waals surface area contributed by atoms with Crippen molar-refractivity contribution >= 4 is 0 Å². The molecule has 2 unspecified atom stereocenters. The van der Waals surface area contributed by atoms with Crippen molar-refractivity contribution in [2.24, 2.45) is 0 Å². The van der Waals surface area contributed by atoms with Crippen molar-refractivity contribution in [1.29, 1.82) is 0 Å². The van der Waals surface area contributed by atoms with Crippen molar-refractivity contribution in [1.82, 2.24) is 10.2 Å². The van der Waals surface area contributed by atoms with Crippen LogP contribution in [-0.4, -0.2) is 29.6 Å². The summed E-state index contributed by atoms with van der Waals surface area (Å²) < 4.78 is 0. The van der Waals surface area contributed by atoms with Crippen LogP contribution in [0.5, 0.6) is 0 Å². The molecule has 18 heavy (non-hydrogen) atoms. The number of hydrogen-bond acceptors (Lipinski definition) is 2. The van der Waals surface area contributed by atoms with E-state index < -0.39 is 0 Å². The van der Waals surface area contributed by atoms with Crippen LogP contribution in [0.4, 0.5) is 0 Å². The van der Waals surface area contributed by atoms with E-state index in [4.69, 9.17) is 0 Å². The number of piperazine rings is 1. The van der Waals surface area contributed by atoms with E-state index in [2.05, 4.69) is 54.4 Å². The fourth-order valence-corrected chi connectivity index (χ4v) is 3.20. The van der Waals surface area contributed by atoms with Crippen molar-refractivity contribution in [2.45, 2.75) is 50.7 Å². The first kappa shape index (κ1) is 12.2. The molecule has 0 spiro atoms. The van der Waals surface area contributed by atoms with Crippen molar-refractivity contribution in [3.63, 3.8) is 0 Å². The number of nitrogens with zero attached hydrogens (tertiary/aromatic N) is 1. The van der Waals surface area contributed by atoms with Gasteiger partial charge in [-0.05, 0) is 31.7 Å². The fourth-order valence-electron chi connectivity index (χ4n) is 3.20. The zero-order chi connectivity index (χ0) is 12.6. The summed E-state index contributed by atoms with van der Waals surface area (Å²) in [4.78, 5) is 2.77. The molecule has 98 valence electrons. The minimum atomic E-state index is 0.496. The molecule has 0 bridgehead atoms. The lowest BCUT2D eigenvalue weighted by Crippen LogP contribution is -2.56. The molecule has 2 atom stereocenters. The van der Waals surface area contributed by atoms with Gasteiger partial charge in [-0.1, -0.05) is 37.3 Å². The predicted molar refractivity (Wildman–Crippen MR) is 75.6 cm³/mol. The average molecular weight is 244 g/mol. The molecule has 3 rings (SSSR count). The minimum absolute atomic E-state index is 0.496. The summed E-state index contributed by atoms with van der Waals surface area (Å²) in [6.07, 6.45) is 4.01. The molecule has 0 aromatic heterocycles. The summed E-state index contributed by atoms with van der Waals surface area (Å²) in [6, 6.07) is 12.1.